The SMILES string of the molecule is CCn1c(CC(=O)Nc2cccc(C)c2)nnc1SCC(=O)N1CCN(c2ccccc2)CC1. The van der Waals surface area contributed by atoms with E-state index in [0.717, 1.165) is 24.3 Å². The van der Waals surface area contributed by atoms with Crippen molar-refractivity contribution >= 4 is 35.0 Å². The molecule has 1 N–H and O–H groups in total. The lowest BCUT2D eigenvalue weighted by Crippen LogP contribution is -2.49. The van der Waals surface area contributed by atoms with Gasteiger partial charge in [0.25, 0.3) is 0 Å². The lowest BCUT2D eigenvalue weighted by atomic mass is 10.2. The monoisotopic (exact) mass is 478 g/mol. The zero-order chi connectivity index (χ0) is 23.9. The number of anilines is 2. The Hall–Kier alpha value is -3.33. The van der Waals surface area contributed by atoms with E-state index in [4.69, 9.17) is 0 Å². The Labute approximate surface area is 204 Å². The number of carbonyl (C=O) groups is 2. The number of nitrogens with zero attached hydrogens (tertiary/aromatic N) is 5. The Kier molecular flexibility index (Phi) is 7.84. The number of nitrogens with one attached hydrogen (secondary N) is 1. The highest BCUT2D eigenvalue weighted by atomic mass is 32.2. The number of para-hydroxylation sites is 1. The second kappa shape index (κ2) is 11.2. The van der Waals surface area contributed by atoms with Crippen LogP contribution in [0.2, 0.25) is 0 Å². The summed E-state index contributed by atoms with van der Waals surface area (Å²) in [5, 5.41) is 12.0. The normalized spacial score (nSPS) is 13.7. The minimum Gasteiger partial charge on any atom is -0.368 e. The molecule has 0 aliphatic carbocycles. The van der Waals surface area contributed by atoms with Gasteiger partial charge in [-0.05, 0) is 43.7 Å². The fourth-order valence-electron chi connectivity index (χ4n) is 4.02. The highest BCUT2D eigenvalue weighted by molar-refractivity contribution is 7.99. The first kappa shape index (κ1) is 23.8. The van der Waals surface area contributed by atoms with Gasteiger partial charge in [-0.1, -0.05) is 42.1 Å². The molecule has 3 aromatic rings. The molecule has 0 atom stereocenters. The summed E-state index contributed by atoms with van der Waals surface area (Å²) in [6.45, 7) is 7.67. The van der Waals surface area contributed by atoms with E-state index < -0.39 is 0 Å². The van der Waals surface area contributed by atoms with Gasteiger partial charge in [0.05, 0.1) is 12.2 Å². The van der Waals surface area contributed by atoms with Crippen LogP contribution in [0.4, 0.5) is 11.4 Å². The van der Waals surface area contributed by atoms with Crippen molar-refractivity contribution in [2.45, 2.75) is 32.0 Å². The van der Waals surface area contributed by atoms with E-state index in [-0.39, 0.29) is 18.2 Å². The predicted molar refractivity (Wildman–Crippen MR) is 135 cm³/mol. The fraction of sp³-hybridized carbons (Fsp3) is 0.360. The van der Waals surface area contributed by atoms with Crippen LogP contribution in [0.3, 0.4) is 0 Å². The first-order valence-corrected chi connectivity index (χ1v) is 12.5. The number of hydrogen-bond donors (Lipinski definition) is 1. The van der Waals surface area contributed by atoms with Gasteiger partial charge in [0.1, 0.15) is 5.82 Å². The van der Waals surface area contributed by atoms with Crippen molar-refractivity contribution in [3.8, 4) is 0 Å². The number of piperazine rings is 1. The highest BCUT2D eigenvalue weighted by Gasteiger charge is 2.22. The van der Waals surface area contributed by atoms with Crippen LogP contribution in [0.1, 0.15) is 18.3 Å². The second-order valence-electron chi connectivity index (χ2n) is 8.23. The summed E-state index contributed by atoms with van der Waals surface area (Å²) >= 11 is 1.38. The minimum absolute atomic E-state index is 0.0992. The Balaban J connectivity index is 1.29. The summed E-state index contributed by atoms with van der Waals surface area (Å²) in [5.74, 6) is 0.858. The summed E-state index contributed by atoms with van der Waals surface area (Å²) in [6, 6.07) is 18.0. The molecule has 0 saturated carbocycles. The molecule has 0 radical (unpaired) electrons. The number of thioether (sulfide) groups is 1. The fourth-order valence-corrected chi connectivity index (χ4v) is 4.94. The topological polar surface area (TPSA) is 83.4 Å². The average Bonchev–Trinajstić information content (AvgIpc) is 3.24. The van der Waals surface area contributed by atoms with E-state index in [0.29, 0.717) is 36.4 Å². The third kappa shape index (κ3) is 5.96. The zero-order valence-corrected chi connectivity index (χ0v) is 20.4. The van der Waals surface area contributed by atoms with Gasteiger partial charge in [0.15, 0.2) is 5.16 Å². The maximum absolute atomic E-state index is 12.8. The molecule has 4 rings (SSSR count). The number of benzene rings is 2. The molecule has 1 aliphatic rings. The molecule has 1 aliphatic heterocycles. The number of aryl methyl sites for hydroxylation is 1. The van der Waals surface area contributed by atoms with Crippen molar-refractivity contribution in [3.63, 3.8) is 0 Å². The van der Waals surface area contributed by atoms with Crippen LogP contribution in [0.5, 0.6) is 0 Å². The maximum atomic E-state index is 12.8. The third-order valence-corrected chi connectivity index (χ3v) is 6.76. The molecule has 0 spiro atoms. The minimum atomic E-state index is -0.142. The number of amides is 2. The van der Waals surface area contributed by atoms with Crippen LogP contribution >= 0.6 is 11.8 Å². The number of hydrogen-bond acceptors (Lipinski definition) is 6. The van der Waals surface area contributed by atoms with Gasteiger partial charge in [-0.2, -0.15) is 0 Å². The van der Waals surface area contributed by atoms with Crippen molar-refractivity contribution in [1.82, 2.24) is 19.7 Å². The molecular formula is C25H30N6O2S. The van der Waals surface area contributed by atoms with Crippen LogP contribution in [-0.2, 0) is 22.6 Å². The van der Waals surface area contributed by atoms with Crippen LogP contribution in [-0.4, -0.2) is 63.4 Å². The molecule has 178 valence electrons. The van der Waals surface area contributed by atoms with E-state index in [1.54, 1.807) is 0 Å². The summed E-state index contributed by atoms with van der Waals surface area (Å²) in [7, 11) is 0. The molecule has 1 saturated heterocycles. The number of carbonyl (C=O) groups excluding carboxylic acids is 2. The number of rotatable bonds is 8. The molecule has 2 aromatic carbocycles. The maximum Gasteiger partial charge on any atom is 0.233 e. The van der Waals surface area contributed by atoms with E-state index in [1.807, 2.05) is 65.8 Å². The largest absolute Gasteiger partial charge is 0.368 e. The molecule has 1 fully saturated rings. The van der Waals surface area contributed by atoms with E-state index >= 15 is 0 Å². The van der Waals surface area contributed by atoms with Gasteiger partial charge in [0, 0.05) is 44.1 Å². The van der Waals surface area contributed by atoms with Crippen LogP contribution in [0.15, 0.2) is 59.8 Å². The molecule has 2 heterocycles. The van der Waals surface area contributed by atoms with Crippen LogP contribution in [0.25, 0.3) is 0 Å². The van der Waals surface area contributed by atoms with E-state index in [9.17, 15) is 9.59 Å². The Morgan fingerprint density at radius 1 is 1.00 bits per heavy atom. The van der Waals surface area contributed by atoms with Crippen LogP contribution in [0, 0.1) is 6.92 Å². The Morgan fingerprint density at radius 3 is 2.47 bits per heavy atom. The highest BCUT2D eigenvalue weighted by Crippen LogP contribution is 2.20. The quantitative estimate of drug-likeness (QED) is 0.501. The predicted octanol–water partition coefficient (Wildman–Crippen LogP) is 3.23. The lowest BCUT2D eigenvalue weighted by molar-refractivity contribution is -0.128. The third-order valence-electron chi connectivity index (χ3n) is 5.81. The van der Waals surface area contributed by atoms with Crippen molar-refractivity contribution in [2.75, 3.05) is 42.1 Å². The Morgan fingerprint density at radius 2 is 1.76 bits per heavy atom. The smallest absolute Gasteiger partial charge is 0.233 e. The van der Waals surface area contributed by atoms with Crippen molar-refractivity contribution in [2.24, 2.45) is 0 Å². The van der Waals surface area contributed by atoms with Gasteiger partial charge in [-0.15, -0.1) is 10.2 Å². The first-order valence-electron chi connectivity index (χ1n) is 11.5. The summed E-state index contributed by atoms with van der Waals surface area (Å²) in [6.07, 6.45) is 0.130. The standard InChI is InChI=1S/C25H30N6O2S/c1-3-31-22(17-23(32)26-20-9-7-8-19(2)16-20)27-28-25(31)34-18-24(33)30-14-12-29(13-15-30)21-10-5-4-6-11-21/h4-11,16H,3,12-15,17-18H2,1-2H3,(H,26,32). The molecule has 8 nitrogen and oxygen atoms in total. The lowest BCUT2D eigenvalue weighted by Gasteiger charge is -2.36. The van der Waals surface area contributed by atoms with Gasteiger partial charge in [0.2, 0.25) is 11.8 Å². The van der Waals surface area contributed by atoms with Gasteiger partial charge in [-0.25, -0.2) is 0 Å². The van der Waals surface area contributed by atoms with Crippen molar-refractivity contribution in [3.05, 3.63) is 66.0 Å². The molecule has 1 aromatic heterocycles. The van der Waals surface area contributed by atoms with Gasteiger partial charge >= 0.3 is 0 Å². The van der Waals surface area contributed by atoms with Crippen molar-refractivity contribution in [1.29, 1.82) is 0 Å². The van der Waals surface area contributed by atoms with Gasteiger partial charge < -0.3 is 19.7 Å². The molecule has 34 heavy (non-hydrogen) atoms. The van der Waals surface area contributed by atoms with E-state index in [2.05, 4.69) is 32.5 Å². The average molecular weight is 479 g/mol. The summed E-state index contributed by atoms with van der Waals surface area (Å²) < 4.78 is 1.90. The molecule has 0 bridgehead atoms. The van der Waals surface area contributed by atoms with E-state index in [1.165, 1.54) is 17.4 Å². The van der Waals surface area contributed by atoms with Crippen molar-refractivity contribution < 1.29 is 9.59 Å². The summed E-state index contributed by atoms with van der Waals surface area (Å²) in [4.78, 5) is 29.5. The molecule has 0 unspecified atom stereocenters. The molecular weight excluding hydrogens is 448 g/mol. The summed E-state index contributed by atoms with van der Waals surface area (Å²) in [5.41, 5.74) is 3.04. The first-order chi connectivity index (χ1) is 16.5. The van der Waals surface area contributed by atoms with Gasteiger partial charge in [-0.3, -0.25) is 9.59 Å². The molecule has 2 amide bonds. The number of aromatic nitrogens is 3. The Bertz CT molecular complexity index is 1130. The molecule has 9 heteroatoms. The van der Waals surface area contributed by atoms with Crippen LogP contribution < -0.4 is 10.2 Å². The second-order valence-corrected chi connectivity index (χ2v) is 9.17. The zero-order valence-electron chi connectivity index (χ0n) is 19.6.